The topological polar surface area (TPSA) is 46.9 Å². The summed E-state index contributed by atoms with van der Waals surface area (Å²) in [5.41, 5.74) is 1.26. The molecular formula is C24H25ClF3N3O. The van der Waals surface area contributed by atoms with Crippen molar-refractivity contribution in [3.63, 3.8) is 0 Å². The molecule has 2 aliphatic rings. The summed E-state index contributed by atoms with van der Waals surface area (Å²) in [5.74, 6) is -0.107. The van der Waals surface area contributed by atoms with Gasteiger partial charge < -0.3 is 5.32 Å². The highest BCUT2D eigenvalue weighted by molar-refractivity contribution is 6.33. The van der Waals surface area contributed by atoms with E-state index in [0.29, 0.717) is 5.92 Å². The van der Waals surface area contributed by atoms with Gasteiger partial charge in [-0.15, -0.1) is 0 Å². The molecule has 0 aliphatic heterocycles. The maximum Gasteiger partial charge on any atom is 0.416 e. The molecule has 1 N–H and O–H groups in total. The van der Waals surface area contributed by atoms with E-state index >= 15 is 0 Å². The van der Waals surface area contributed by atoms with Crippen molar-refractivity contribution >= 4 is 23.1 Å². The van der Waals surface area contributed by atoms with Gasteiger partial charge in [0, 0.05) is 18.8 Å². The Labute approximate surface area is 190 Å². The van der Waals surface area contributed by atoms with Crippen molar-refractivity contribution in [3.05, 3.63) is 70.5 Å². The molecule has 0 saturated heterocycles. The van der Waals surface area contributed by atoms with E-state index in [-0.39, 0.29) is 16.6 Å². The van der Waals surface area contributed by atoms with Crippen molar-refractivity contribution in [2.45, 2.75) is 57.3 Å². The predicted octanol–water partition coefficient (Wildman–Crippen LogP) is 6.28. The van der Waals surface area contributed by atoms with Gasteiger partial charge in [0.1, 0.15) is 0 Å². The maximum absolute atomic E-state index is 13.0. The molecule has 0 atom stereocenters. The molecule has 0 radical (unpaired) electrons. The van der Waals surface area contributed by atoms with Crippen LogP contribution in [0, 0.1) is 5.92 Å². The highest BCUT2D eigenvalue weighted by atomic mass is 35.5. The van der Waals surface area contributed by atoms with Crippen molar-refractivity contribution in [3.8, 4) is 0 Å². The maximum atomic E-state index is 13.0. The van der Waals surface area contributed by atoms with E-state index in [0.717, 1.165) is 69.0 Å². The number of alkyl halides is 3. The quantitative estimate of drug-likeness (QED) is 0.567. The molecule has 1 fully saturated rings. The summed E-state index contributed by atoms with van der Waals surface area (Å²) >= 11 is 5.98. The molecule has 8 heteroatoms. The van der Waals surface area contributed by atoms with Crippen LogP contribution in [0.2, 0.25) is 5.02 Å². The SMILES string of the molecule is O=C(N[C@H]1CC[C@H](Cn2ccc(C3=CC=CCC3)n2)CC1)c1cc(C(F)(F)F)ccc1Cl. The molecule has 1 heterocycles. The monoisotopic (exact) mass is 463 g/mol. The molecule has 2 aromatic rings. The Morgan fingerprint density at radius 2 is 1.97 bits per heavy atom. The van der Waals surface area contributed by atoms with Crippen LogP contribution in [0.1, 0.15) is 60.1 Å². The second-order valence-corrected chi connectivity index (χ2v) is 8.87. The van der Waals surface area contributed by atoms with E-state index in [2.05, 4.69) is 29.6 Å². The first-order valence-corrected chi connectivity index (χ1v) is 11.2. The summed E-state index contributed by atoms with van der Waals surface area (Å²) in [4.78, 5) is 12.6. The molecule has 4 nitrogen and oxygen atoms in total. The van der Waals surface area contributed by atoms with Gasteiger partial charge >= 0.3 is 6.18 Å². The second kappa shape index (κ2) is 9.53. The van der Waals surface area contributed by atoms with Gasteiger partial charge in [-0.3, -0.25) is 9.48 Å². The fourth-order valence-electron chi connectivity index (χ4n) is 4.34. The van der Waals surface area contributed by atoms with Crippen molar-refractivity contribution < 1.29 is 18.0 Å². The zero-order chi connectivity index (χ0) is 22.7. The molecule has 4 rings (SSSR count). The Kier molecular flexibility index (Phi) is 6.74. The lowest BCUT2D eigenvalue weighted by Gasteiger charge is -2.29. The van der Waals surface area contributed by atoms with E-state index in [1.165, 1.54) is 5.57 Å². The Morgan fingerprint density at radius 1 is 1.19 bits per heavy atom. The highest BCUT2D eigenvalue weighted by Gasteiger charge is 2.32. The number of nitrogens with zero attached hydrogens (tertiary/aromatic N) is 2. The number of allylic oxidation sites excluding steroid dienone is 4. The van der Waals surface area contributed by atoms with Gasteiger partial charge in [-0.05, 0) is 74.3 Å². The predicted molar refractivity (Wildman–Crippen MR) is 118 cm³/mol. The average molecular weight is 464 g/mol. The van der Waals surface area contributed by atoms with Gasteiger partial charge in [-0.2, -0.15) is 18.3 Å². The van der Waals surface area contributed by atoms with E-state index in [4.69, 9.17) is 16.7 Å². The number of nitrogens with one attached hydrogen (secondary N) is 1. The number of amides is 1. The normalized spacial score (nSPS) is 21.3. The number of rotatable bonds is 5. The molecule has 0 spiro atoms. The highest BCUT2D eigenvalue weighted by Crippen LogP contribution is 2.32. The lowest BCUT2D eigenvalue weighted by Crippen LogP contribution is -2.38. The minimum atomic E-state index is -4.52. The molecule has 1 amide bonds. The molecule has 1 saturated carbocycles. The molecular weight excluding hydrogens is 439 g/mol. The van der Waals surface area contributed by atoms with E-state index in [1.807, 2.05) is 10.9 Å². The molecule has 2 aliphatic carbocycles. The van der Waals surface area contributed by atoms with Crippen molar-refractivity contribution in [2.75, 3.05) is 0 Å². The molecule has 1 aromatic heterocycles. The standard InChI is InChI=1S/C24H25ClF3N3O/c25-21-11-8-18(24(26,27)28)14-20(21)23(32)29-19-9-6-16(7-10-19)15-31-13-12-22(30-31)17-4-2-1-3-5-17/h1-2,4,8,11-14,16,19H,3,5-7,9-10,15H2,(H,29,32)/t16-,19-. The summed E-state index contributed by atoms with van der Waals surface area (Å²) in [6, 6.07) is 4.80. The summed E-state index contributed by atoms with van der Waals surface area (Å²) in [5, 5.41) is 7.59. The minimum absolute atomic E-state index is 0.0160. The molecule has 0 unspecified atom stereocenters. The number of benzene rings is 1. The van der Waals surface area contributed by atoms with Crippen molar-refractivity contribution in [1.29, 1.82) is 0 Å². The summed E-state index contributed by atoms with van der Waals surface area (Å²) in [6.45, 7) is 0.823. The fourth-order valence-corrected chi connectivity index (χ4v) is 4.55. The van der Waals surface area contributed by atoms with Gasteiger partial charge in [-0.1, -0.05) is 29.8 Å². The Morgan fingerprint density at radius 3 is 2.66 bits per heavy atom. The van der Waals surface area contributed by atoms with Gasteiger partial charge in [-0.25, -0.2) is 0 Å². The van der Waals surface area contributed by atoms with Gasteiger partial charge in [0.15, 0.2) is 0 Å². The van der Waals surface area contributed by atoms with Crippen LogP contribution in [0.3, 0.4) is 0 Å². The Bertz CT molecular complexity index is 1030. The Balaban J connectivity index is 1.30. The number of halogens is 4. The molecule has 1 aromatic carbocycles. The zero-order valence-electron chi connectivity index (χ0n) is 17.5. The lowest BCUT2D eigenvalue weighted by atomic mass is 9.86. The summed E-state index contributed by atoms with van der Waals surface area (Å²) < 4.78 is 40.9. The van der Waals surface area contributed by atoms with E-state index in [1.54, 1.807) is 0 Å². The molecule has 0 bridgehead atoms. The van der Waals surface area contributed by atoms with Crippen LogP contribution in [0.25, 0.3) is 5.57 Å². The zero-order valence-corrected chi connectivity index (χ0v) is 18.3. The average Bonchev–Trinajstić information content (AvgIpc) is 3.24. The van der Waals surface area contributed by atoms with Crippen LogP contribution in [0.15, 0.2) is 48.7 Å². The molecule has 32 heavy (non-hydrogen) atoms. The number of hydrogen-bond donors (Lipinski definition) is 1. The van der Waals surface area contributed by atoms with Gasteiger partial charge in [0.05, 0.1) is 21.8 Å². The first kappa shape index (κ1) is 22.6. The van der Waals surface area contributed by atoms with Crippen LogP contribution in [-0.2, 0) is 12.7 Å². The van der Waals surface area contributed by atoms with Gasteiger partial charge in [0.25, 0.3) is 5.91 Å². The van der Waals surface area contributed by atoms with Crippen molar-refractivity contribution in [2.24, 2.45) is 5.92 Å². The van der Waals surface area contributed by atoms with Crippen LogP contribution in [0.5, 0.6) is 0 Å². The van der Waals surface area contributed by atoms with E-state index in [9.17, 15) is 18.0 Å². The van der Waals surface area contributed by atoms with Crippen molar-refractivity contribution in [1.82, 2.24) is 15.1 Å². The minimum Gasteiger partial charge on any atom is -0.349 e. The second-order valence-electron chi connectivity index (χ2n) is 8.47. The number of aromatic nitrogens is 2. The van der Waals surface area contributed by atoms with E-state index < -0.39 is 17.6 Å². The smallest absolute Gasteiger partial charge is 0.349 e. The fraction of sp³-hybridized carbons (Fsp3) is 0.417. The third kappa shape index (κ3) is 5.44. The van der Waals surface area contributed by atoms with Crippen LogP contribution in [-0.4, -0.2) is 21.7 Å². The van der Waals surface area contributed by atoms with Crippen LogP contribution >= 0.6 is 11.6 Å². The third-order valence-electron chi connectivity index (χ3n) is 6.15. The summed E-state index contributed by atoms with van der Waals surface area (Å²) in [6.07, 6.45) is 9.26. The summed E-state index contributed by atoms with van der Waals surface area (Å²) in [7, 11) is 0. The van der Waals surface area contributed by atoms with Crippen LogP contribution in [0.4, 0.5) is 13.2 Å². The first-order valence-electron chi connectivity index (χ1n) is 10.9. The first-order chi connectivity index (χ1) is 15.3. The number of carbonyl (C=O) groups is 1. The largest absolute Gasteiger partial charge is 0.416 e. The lowest BCUT2D eigenvalue weighted by molar-refractivity contribution is -0.137. The molecule has 170 valence electrons. The number of hydrogen-bond acceptors (Lipinski definition) is 2. The Hall–Kier alpha value is -2.54. The van der Waals surface area contributed by atoms with Crippen LogP contribution < -0.4 is 5.32 Å². The third-order valence-corrected chi connectivity index (χ3v) is 6.48. The van der Waals surface area contributed by atoms with Gasteiger partial charge in [0.2, 0.25) is 0 Å². The number of carbonyl (C=O) groups excluding carboxylic acids is 1.